The molecule has 1 saturated carbocycles. The van der Waals surface area contributed by atoms with Crippen molar-refractivity contribution in [2.75, 3.05) is 13.2 Å². The van der Waals surface area contributed by atoms with Crippen LogP contribution in [0.3, 0.4) is 0 Å². The number of hydrogen-bond donors (Lipinski definition) is 2. The maximum absolute atomic E-state index is 9.95. The van der Waals surface area contributed by atoms with Crippen LogP contribution in [0, 0.1) is 6.92 Å². The maximum Gasteiger partial charge on any atom is 0.123 e. The summed E-state index contributed by atoms with van der Waals surface area (Å²) < 4.78 is 5.84. The van der Waals surface area contributed by atoms with Gasteiger partial charge in [-0.15, -0.1) is 12.4 Å². The number of aliphatic hydroxyl groups is 1. The smallest absolute Gasteiger partial charge is 0.123 e. The van der Waals surface area contributed by atoms with E-state index in [1.165, 1.54) is 24.0 Å². The Balaban J connectivity index is 0.00000220. The number of nitrogens with one attached hydrogen (secondary N) is 1. The zero-order chi connectivity index (χ0) is 14.8. The standard InChI is InChI=1S/C17H27NO2.ClH/c1-12-5-8-16(15(9-12)17(2,3)4)20-11-14(19)10-18-13-6-7-13;/h5,8-9,13-14,18-19H,6-7,10-11H2,1-4H3;1H. The zero-order valence-corrected chi connectivity index (χ0v) is 14.3. The SMILES string of the molecule is Cc1ccc(OCC(O)CNC2CC2)c(C(C)(C)C)c1.Cl. The van der Waals surface area contributed by atoms with Crippen molar-refractivity contribution in [3.63, 3.8) is 0 Å². The molecule has 0 aliphatic heterocycles. The maximum atomic E-state index is 9.95. The van der Waals surface area contributed by atoms with Crippen LogP contribution in [0.25, 0.3) is 0 Å². The Morgan fingerprint density at radius 3 is 2.57 bits per heavy atom. The van der Waals surface area contributed by atoms with Crippen LogP contribution in [-0.2, 0) is 5.41 Å². The van der Waals surface area contributed by atoms with Gasteiger partial charge in [-0.05, 0) is 36.8 Å². The first-order valence-corrected chi connectivity index (χ1v) is 7.51. The summed E-state index contributed by atoms with van der Waals surface area (Å²) in [6.07, 6.45) is 2.02. The van der Waals surface area contributed by atoms with Crippen LogP contribution < -0.4 is 10.1 Å². The average molecular weight is 314 g/mol. The lowest BCUT2D eigenvalue weighted by molar-refractivity contribution is 0.105. The van der Waals surface area contributed by atoms with Crippen molar-refractivity contribution in [3.05, 3.63) is 29.3 Å². The molecule has 0 heterocycles. The molecule has 0 bridgehead atoms. The predicted octanol–water partition coefficient (Wildman–Crippen LogP) is 3.21. The molecule has 1 atom stereocenters. The number of rotatable bonds is 6. The van der Waals surface area contributed by atoms with E-state index in [2.05, 4.69) is 45.1 Å². The Hall–Kier alpha value is -0.770. The number of hydrogen-bond acceptors (Lipinski definition) is 3. The molecule has 4 heteroatoms. The summed E-state index contributed by atoms with van der Waals surface area (Å²) in [5.74, 6) is 0.883. The highest BCUT2D eigenvalue weighted by atomic mass is 35.5. The first kappa shape index (κ1) is 18.3. The van der Waals surface area contributed by atoms with Crippen LogP contribution in [0.4, 0.5) is 0 Å². The van der Waals surface area contributed by atoms with Crippen molar-refractivity contribution >= 4 is 12.4 Å². The molecule has 1 aromatic rings. The third kappa shape index (κ3) is 5.85. The summed E-state index contributed by atoms with van der Waals surface area (Å²) in [6.45, 7) is 9.58. The minimum absolute atomic E-state index is 0. The molecule has 0 spiro atoms. The van der Waals surface area contributed by atoms with Gasteiger partial charge in [0, 0.05) is 12.6 Å². The summed E-state index contributed by atoms with van der Waals surface area (Å²) in [7, 11) is 0. The van der Waals surface area contributed by atoms with Gasteiger partial charge < -0.3 is 15.2 Å². The van der Waals surface area contributed by atoms with E-state index in [4.69, 9.17) is 4.74 Å². The van der Waals surface area contributed by atoms with Crippen LogP contribution in [0.5, 0.6) is 5.75 Å². The summed E-state index contributed by atoms with van der Waals surface area (Å²) in [5, 5.41) is 13.3. The van der Waals surface area contributed by atoms with Gasteiger partial charge in [0.15, 0.2) is 0 Å². The van der Waals surface area contributed by atoms with Gasteiger partial charge in [-0.2, -0.15) is 0 Å². The number of ether oxygens (including phenoxy) is 1. The summed E-state index contributed by atoms with van der Waals surface area (Å²) >= 11 is 0. The molecule has 0 radical (unpaired) electrons. The molecule has 1 unspecified atom stereocenters. The largest absolute Gasteiger partial charge is 0.491 e. The molecule has 0 aromatic heterocycles. The highest BCUT2D eigenvalue weighted by molar-refractivity contribution is 5.85. The topological polar surface area (TPSA) is 41.5 Å². The molecule has 0 saturated heterocycles. The lowest BCUT2D eigenvalue weighted by atomic mass is 9.85. The third-order valence-corrected chi connectivity index (χ3v) is 3.59. The van der Waals surface area contributed by atoms with Crippen molar-refractivity contribution in [2.24, 2.45) is 0 Å². The van der Waals surface area contributed by atoms with Crippen molar-refractivity contribution < 1.29 is 9.84 Å². The Kier molecular flexibility index (Phi) is 6.51. The molecule has 1 aliphatic rings. The molecule has 1 aromatic carbocycles. The van der Waals surface area contributed by atoms with E-state index in [0.29, 0.717) is 19.2 Å². The molecule has 2 rings (SSSR count). The van der Waals surface area contributed by atoms with Crippen LogP contribution >= 0.6 is 12.4 Å². The van der Waals surface area contributed by atoms with Crippen LogP contribution in [0.15, 0.2) is 18.2 Å². The molecule has 120 valence electrons. The quantitative estimate of drug-likeness (QED) is 0.847. The highest BCUT2D eigenvalue weighted by Gasteiger charge is 2.22. The van der Waals surface area contributed by atoms with E-state index in [1.807, 2.05) is 6.07 Å². The van der Waals surface area contributed by atoms with E-state index in [-0.39, 0.29) is 17.8 Å². The van der Waals surface area contributed by atoms with Crippen molar-refractivity contribution in [2.45, 2.75) is 58.1 Å². The van der Waals surface area contributed by atoms with E-state index in [9.17, 15) is 5.11 Å². The summed E-state index contributed by atoms with van der Waals surface area (Å²) in [6, 6.07) is 6.86. The number of halogens is 1. The molecular formula is C17H28ClNO2. The fourth-order valence-electron chi connectivity index (χ4n) is 2.19. The molecule has 2 N–H and O–H groups in total. The van der Waals surface area contributed by atoms with Gasteiger partial charge in [0.1, 0.15) is 18.5 Å². The Labute approximate surface area is 134 Å². The normalized spacial score (nSPS) is 16.2. The second-order valence-electron chi connectivity index (χ2n) is 6.90. The summed E-state index contributed by atoms with van der Waals surface area (Å²) in [5.41, 5.74) is 2.47. The monoisotopic (exact) mass is 313 g/mol. The van der Waals surface area contributed by atoms with Gasteiger partial charge in [0.05, 0.1) is 0 Å². The minimum atomic E-state index is -0.454. The first-order valence-electron chi connectivity index (χ1n) is 7.51. The number of aliphatic hydroxyl groups excluding tert-OH is 1. The number of aryl methyl sites for hydroxylation is 1. The lowest BCUT2D eigenvalue weighted by Crippen LogP contribution is -2.32. The first-order chi connectivity index (χ1) is 9.36. The highest BCUT2D eigenvalue weighted by Crippen LogP contribution is 2.32. The Morgan fingerprint density at radius 2 is 2.00 bits per heavy atom. The van der Waals surface area contributed by atoms with Gasteiger partial charge in [0.25, 0.3) is 0 Å². The minimum Gasteiger partial charge on any atom is -0.491 e. The Morgan fingerprint density at radius 1 is 1.33 bits per heavy atom. The van der Waals surface area contributed by atoms with Crippen LogP contribution in [0.1, 0.15) is 44.7 Å². The van der Waals surface area contributed by atoms with E-state index in [1.54, 1.807) is 0 Å². The van der Waals surface area contributed by atoms with Crippen molar-refractivity contribution in [1.29, 1.82) is 0 Å². The van der Waals surface area contributed by atoms with Crippen LogP contribution in [0.2, 0.25) is 0 Å². The van der Waals surface area contributed by atoms with Crippen molar-refractivity contribution in [1.82, 2.24) is 5.32 Å². The second-order valence-corrected chi connectivity index (χ2v) is 6.90. The molecule has 21 heavy (non-hydrogen) atoms. The predicted molar refractivity (Wildman–Crippen MR) is 89.7 cm³/mol. The van der Waals surface area contributed by atoms with E-state index in [0.717, 1.165) is 5.75 Å². The number of benzene rings is 1. The lowest BCUT2D eigenvalue weighted by Gasteiger charge is -2.24. The molecule has 1 fully saturated rings. The molecular weight excluding hydrogens is 286 g/mol. The van der Waals surface area contributed by atoms with Gasteiger partial charge in [-0.3, -0.25) is 0 Å². The fourth-order valence-corrected chi connectivity index (χ4v) is 2.19. The fraction of sp³-hybridized carbons (Fsp3) is 0.647. The van der Waals surface area contributed by atoms with E-state index >= 15 is 0 Å². The second kappa shape index (κ2) is 7.48. The van der Waals surface area contributed by atoms with Crippen LogP contribution in [-0.4, -0.2) is 30.4 Å². The van der Waals surface area contributed by atoms with Crippen molar-refractivity contribution in [3.8, 4) is 5.75 Å². The third-order valence-electron chi connectivity index (χ3n) is 3.59. The average Bonchev–Trinajstić information content (AvgIpc) is 3.17. The van der Waals surface area contributed by atoms with Gasteiger partial charge in [-0.1, -0.05) is 38.5 Å². The van der Waals surface area contributed by atoms with Gasteiger partial charge >= 0.3 is 0 Å². The zero-order valence-electron chi connectivity index (χ0n) is 13.5. The Bertz CT molecular complexity index is 453. The molecule has 1 aliphatic carbocycles. The van der Waals surface area contributed by atoms with E-state index < -0.39 is 6.10 Å². The molecule has 0 amide bonds. The molecule has 3 nitrogen and oxygen atoms in total. The van der Waals surface area contributed by atoms with Gasteiger partial charge in [0.2, 0.25) is 0 Å². The van der Waals surface area contributed by atoms with Gasteiger partial charge in [-0.25, -0.2) is 0 Å². The summed E-state index contributed by atoms with van der Waals surface area (Å²) in [4.78, 5) is 0.